The first kappa shape index (κ1) is 17.1. The monoisotopic (exact) mass is 349 g/mol. The largest absolute Gasteiger partial charge is 0.384 e. The van der Waals surface area contributed by atoms with Gasteiger partial charge < -0.3 is 9.63 Å². The average molecular weight is 349 g/mol. The van der Waals surface area contributed by atoms with Gasteiger partial charge in [0.05, 0.1) is 18.1 Å². The van der Waals surface area contributed by atoms with Crippen LogP contribution in [-0.2, 0) is 12.0 Å². The Kier molecular flexibility index (Phi) is 4.54. The van der Waals surface area contributed by atoms with Gasteiger partial charge in [0.2, 0.25) is 0 Å². The number of rotatable bonds is 5. The quantitative estimate of drug-likeness (QED) is 0.766. The maximum Gasteiger partial charge on any atom is 0.163 e. The van der Waals surface area contributed by atoms with Crippen LogP contribution in [0.3, 0.4) is 0 Å². The minimum atomic E-state index is -1.92. The zero-order valence-corrected chi connectivity index (χ0v) is 13.2. The summed E-state index contributed by atoms with van der Waals surface area (Å²) in [4.78, 5) is 7.44. The number of benzene rings is 1. The Morgan fingerprint density at radius 2 is 2.00 bits per heavy atom. The highest BCUT2D eigenvalue weighted by molar-refractivity contribution is 5.32. The highest BCUT2D eigenvalue weighted by Crippen LogP contribution is 2.40. The molecule has 5 nitrogen and oxygen atoms in total. The summed E-state index contributed by atoms with van der Waals surface area (Å²) in [5.74, 6) is -3.43. The molecule has 2 atom stereocenters. The Morgan fingerprint density at radius 3 is 2.64 bits per heavy atom. The number of hydrogen-bond acceptors (Lipinski definition) is 5. The lowest BCUT2D eigenvalue weighted by atomic mass is 9.76. The van der Waals surface area contributed by atoms with Gasteiger partial charge >= 0.3 is 0 Å². The van der Waals surface area contributed by atoms with Crippen molar-refractivity contribution in [2.75, 3.05) is 0 Å². The predicted molar refractivity (Wildman–Crippen MR) is 80.9 cm³/mol. The van der Waals surface area contributed by atoms with E-state index >= 15 is 0 Å². The van der Waals surface area contributed by atoms with Crippen LogP contribution in [0.1, 0.15) is 29.7 Å². The summed E-state index contributed by atoms with van der Waals surface area (Å²) in [5, 5.41) is 14.9. The van der Waals surface area contributed by atoms with Crippen molar-refractivity contribution >= 4 is 0 Å². The lowest BCUT2D eigenvalue weighted by Gasteiger charge is -2.34. The minimum absolute atomic E-state index is 0.0855. The van der Waals surface area contributed by atoms with E-state index in [2.05, 4.69) is 15.1 Å². The van der Waals surface area contributed by atoms with E-state index in [1.54, 1.807) is 0 Å². The first-order chi connectivity index (χ1) is 11.9. The molecule has 0 amide bonds. The average Bonchev–Trinajstić information content (AvgIpc) is 3.07. The molecule has 0 fully saturated rings. The second-order valence-electron chi connectivity index (χ2n) is 5.74. The van der Waals surface area contributed by atoms with E-state index in [9.17, 15) is 18.3 Å². The third-order valence-electron chi connectivity index (χ3n) is 4.18. The summed E-state index contributed by atoms with van der Waals surface area (Å²) in [6.07, 6.45) is 4.60. The molecule has 0 saturated carbocycles. The number of aliphatic hydroxyl groups is 1. The second-order valence-corrected chi connectivity index (χ2v) is 5.74. The lowest BCUT2D eigenvalue weighted by molar-refractivity contribution is 0.00669. The van der Waals surface area contributed by atoms with Crippen LogP contribution in [0.4, 0.5) is 13.2 Å². The van der Waals surface area contributed by atoms with E-state index in [-0.39, 0.29) is 17.7 Å². The van der Waals surface area contributed by atoms with E-state index in [1.165, 1.54) is 19.4 Å². The highest BCUT2D eigenvalue weighted by atomic mass is 19.1. The van der Waals surface area contributed by atoms with Crippen molar-refractivity contribution in [3.05, 3.63) is 77.5 Å². The minimum Gasteiger partial charge on any atom is -0.384 e. The normalized spacial score (nSPS) is 14.9. The van der Waals surface area contributed by atoms with Crippen LogP contribution >= 0.6 is 0 Å². The summed E-state index contributed by atoms with van der Waals surface area (Å²) in [6.45, 7) is 1.50. The maximum absolute atomic E-state index is 14.4. The van der Waals surface area contributed by atoms with Crippen molar-refractivity contribution in [2.24, 2.45) is 0 Å². The summed E-state index contributed by atoms with van der Waals surface area (Å²) in [6, 6.07) is 2.82. The van der Waals surface area contributed by atoms with Crippen LogP contribution in [0.2, 0.25) is 0 Å². The van der Waals surface area contributed by atoms with E-state index < -0.39 is 29.0 Å². The summed E-state index contributed by atoms with van der Waals surface area (Å²) >= 11 is 0. The van der Waals surface area contributed by atoms with Crippen LogP contribution in [0.25, 0.3) is 0 Å². The number of halogens is 3. The van der Waals surface area contributed by atoms with Gasteiger partial charge in [-0.05, 0) is 6.07 Å². The Bertz CT molecular complexity index is 873. The van der Waals surface area contributed by atoms with Crippen LogP contribution in [0, 0.1) is 17.5 Å². The topological polar surface area (TPSA) is 72.0 Å². The molecule has 2 aromatic heterocycles. The molecule has 1 aromatic carbocycles. The fourth-order valence-electron chi connectivity index (χ4n) is 2.81. The van der Waals surface area contributed by atoms with Gasteiger partial charge in [-0.15, -0.1) is 0 Å². The molecule has 130 valence electrons. The summed E-state index contributed by atoms with van der Waals surface area (Å²) < 4.78 is 46.5. The molecule has 0 bridgehead atoms. The molecule has 3 aromatic rings. The Morgan fingerprint density at radius 1 is 1.20 bits per heavy atom. The third kappa shape index (κ3) is 3.25. The van der Waals surface area contributed by atoms with Gasteiger partial charge in [-0.1, -0.05) is 18.1 Å². The van der Waals surface area contributed by atoms with Crippen molar-refractivity contribution in [1.82, 2.24) is 15.1 Å². The van der Waals surface area contributed by atoms with Crippen molar-refractivity contribution < 1.29 is 22.8 Å². The van der Waals surface area contributed by atoms with Crippen LogP contribution < -0.4 is 0 Å². The Hall–Kier alpha value is -2.74. The fraction of sp³-hybridized carbons (Fsp3) is 0.235. The molecular formula is C17H14F3N3O2. The zero-order chi connectivity index (χ0) is 18.0. The molecule has 0 spiro atoms. The third-order valence-corrected chi connectivity index (χ3v) is 4.18. The van der Waals surface area contributed by atoms with Gasteiger partial charge in [0, 0.05) is 29.5 Å². The maximum atomic E-state index is 14.4. The highest BCUT2D eigenvalue weighted by Gasteiger charge is 2.41. The smallest absolute Gasteiger partial charge is 0.163 e. The molecule has 8 heteroatoms. The van der Waals surface area contributed by atoms with Gasteiger partial charge in [-0.2, -0.15) is 0 Å². The number of aromatic nitrogens is 3. The first-order valence-electron chi connectivity index (χ1n) is 7.43. The van der Waals surface area contributed by atoms with Crippen molar-refractivity contribution in [1.29, 1.82) is 0 Å². The van der Waals surface area contributed by atoms with Gasteiger partial charge in [0.1, 0.15) is 29.8 Å². The summed E-state index contributed by atoms with van der Waals surface area (Å²) in [5.41, 5.74) is -1.72. The Balaban J connectivity index is 2.13. The van der Waals surface area contributed by atoms with E-state index in [0.717, 1.165) is 24.7 Å². The van der Waals surface area contributed by atoms with Crippen LogP contribution in [0.15, 0.2) is 47.7 Å². The fourth-order valence-corrected chi connectivity index (χ4v) is 2.81. The molecule has 0 aliphatic rings. The number of hydrogen-bond donors (Lipinski definition) is 1. The Labute approximate surface area is 141 Å². The molecule has 25 heavy (non-hydrogen) atoms. The standard InChI is InChI=1S/C17H14F3N3O2/c1-10(16-15(20)7-21-9-22-16)17(24,5-11-6-23-25-8-11)13-3-2-12(18)4-14(13)19/h2-4,6-10,24H,5H2,1H3/t10-,17+/m0/s1. The molecule has 0 radical (unpaired) electrons. The van der Waals surface area contributed by atoms with Crippen molar-refractivity contribution in [2.45, 2.75) is 24.9 Å². The van der Waals surface area contributed by atoms with Gasteiger partial charge in [0.15, 0.2) is 5.82 Å². The van der Waals surface area contributed by atoms with Crippen molar-refractivity contribution in [3.8, 4) is 0 Å². The molecule has 0 saturated heterocycles. The molecule has 1 N–H and O–H groups in total. The molecule has 3 rings (SSSR count). The summed E-state index contributed by atoms with van der Waals surface area (Å²) in [7, 11) is 0. The second kappa shape index (κ2) is 6.64. The molecule has 0 aliphatic heterocycles. The van der Waals surface area contributed by atoms with Crippen LogP contribution in [-0.4, -0.2) is 20.2 Å². The molecule has 2 heterocycles. The van der Waals surface area contributed by atoms with E-state index in [0.29, 0.717) is 11.6 Å². The van der Waals surface area contributed by atoms with Crippen LogP contribution in [0.5, 0.6) is 0 Å². The van der Waals surface area contributed by atoms with Gasteiger partial charge in [0.25, 0.3) is 0 Å². The molecule has 0 unspecified atom stereocenters. The van der Waals surface area contributed by atoms with E-state index in [1.807, 2.05) is 0 Å². The van der Waals surface area contributed by atoms with E-state index in [4.69, 9.17) is 4.52 Å². The zero-order valence-electron chi connectivity index (χ0n) is 13.2. The molecule has 0 aliphatic carbocycles. The van der Waals surface area contributed by atoms with Crippen molar-refractivity contribution in [3.63, 3.8) is 0 Å². The lowest BCUT2D eigenvalue weighted by Crippen LogP contribution is -2.36. The predicted octanol–water partition coefficient (Wildman–Crippen LogP) is 3.12. The van der Waals surface area contributed by atoms with Gasteiger partial charge in [-0.3, -0.25) is 0 Å². The SMILES string of the molecule is C[C@@H](c1ncncc1F)[C@](O)(Cc1cnoc1)c1ccc(F)cc1F. The van der Waals surface area contributed by atoms with Gasteiger partial charge in [-0.25, -0.2) is 23.1 Å². The molecular weight excluding hydrogens is 335 g/mol. The first-order valence-corrected chi connectivity index (χ1v) is 7.43. The number of nitrogens with zero attached hydrogens (tertiary/aromatic N) is 3.